The number of amides is 1. The first kappa shape index (κ1) is 18.2. The zero-order valence-corrected chi connectivity index (χ0v) is 15.9. The summed E-state index contributed by atoms with van der Waals surface area (Å²) in [4.78, 5) is 15.1. The molecule has 2 aromatic rings. The summed E-state index contributed by atoms with van der Waals surface area (Å²) in [6, 6.07) is 11.8. The van der Waals surface area contributed by atoms with Crippen LogP contribution in [0.3, 0.4) is 0 Å². The van der Waals surface area contributed by atoms with Gasteiger partial charge in [-0.3, -0.25) is 4.79 Å². The zero-order chi connectivity index (χ0) is 18.9. The lowest BCUT2D eigenvalue weighted by Gasteiger charge is -2.52. The Morgan fingerprint density at radius 2 is 2.07 bits per heavy atom. The molecular weight excluding hydrogens is 340 g/mol. The Morgan fingerprint density at radius 3 is 2.85 bits per heavy atom. The summed E-state index contributed by atoms with van der Waals surface area (Å²) in [5.41, 5.74) is 0.508. The maximum absolute atomic E-state index is 13.1. The molecule has 0 unspecified atom stereocenters. The lowest BCUT2D eigenvalue weighted by atomic mass is 9.66. The molecule has 1 aromatic heterocycles. The quantitative estimate of drug-likeness (QED) is 0.888. The van der Waals surface area contributed by atoms with Gasteiger partial charge in [-0.2, -0.15) is 0 Å². The van der Waals surface area contributed by atoms with Crippen molar-refractivity contribution >= 4 is 5.91 Å². The largest absolute Gasteiger partial charge is 0.385 e. The molecule has 27 heavy (non-hydrogen) atoms. The van der Waals surface area contributed by atoms with Gasteiger partial charge in [-0.05, 0) is 31.2 Å². The van der Waals surface area contributed by atoms with Crippen LogP contribution < -0.4 is 0 Å². The number of aromatic nitrogens is 1. The number of benzene rings is 1. The molecule has 3 atom stereocenters. The molecule has 4 rings (SSSR count). The second kappa shape index (κ2) is 7.47. The van der Waals surface area contributed by atoms with E-state index in [0.29, 0.717) is 18.7 Å². The van der Waals surface area contributed by atoms with Crippen molar-refractivity contribution in [3.8, 4) is 0 Å². The lowest BCUT2D eigenvalue weighted by molar-refractivity contribution is -0.110. The first-order chi connectivity index (χ1) is 13.1. The maximum atomic E-state index is 13.1. The van der Waals surface area contributed by atoms with Gasteiger partial charge in [0.1, 0.15) is 5.76 Å². The van der Waals surface area contributed by atoms with Crippen molar-refractivity contribution in [2.45, 2.75) is 63.5 Å². The number of carbonyl (C=O) groups excluding carboxylic acids is 1. The van der Waals surface area contributed by atoms with Crippen LogP contribution in [0.4, 0.5) is 0 Å². The van der Waals surface area contributed by atoms with Crippen molar-refractivity contribution in [1.82, 2.24) is 10.1 Å². The van der Waals surface area contributed by atoms with Crippen molar-refractivity contribution < 1.29 is 14.4 Å². The third-order valence-corrected chi connectivity index (χ3v) is 6.29. The second-order valence-corrected chi connectivity index (χ2v) is 7.93. The SMILES string of the molecule is CCCc1cc(C(=O)N2CC[C@](O)(c3ccccc3)[C@@H]3CCCC[C@H]32)no1. The fraction of sp³-hybridized carbons (Fsp3) is 0.545. The van der Waals surface area contributed by atoms with Crippen LogP contribution >= 0.6 is 0 Å². The highest BCUT2D eigenvalue weighted by molar-refractivity contribution is 5.92. The molecule has 2 aliphatic rings. The number of piperidine rings is 1. The normalized spacial score (nSPS) is 28.0. The number of fused-ring (bicyclic) bond motifs is 1. The first-order valence-electron chi connectivity index (χ1n) is 10.2. The predicted molar refractivity (Wildman–Crippen MR) is 102 cm³/mol. The second-order valence-electron chi connectivity index (χ2n) is 7.93. The Labute approximate surface area is 160 Å². The van der Waals surface area contributed by atoms with Crippen molar-refractivity contribution in [1.29, 1.82) is 0 Å². The molecule has 1 aliphatic heterocycles. The van der Waals surface area contributed by atoms with Crippen LogP contribution in [0.15, 0.2) is 40.9 Å². The number of aryl methyl sites for hydroxylation is 1. The summed E-state index contributed by atoms with van der Waals surface area (Å²) < 4.78 is 5.32. The number of carbonyl (C=O) groups is 1. The monoisotopic (exact) mass is 368 g/mol. The number of hydrogen-bond acceptors (Lipinski definition) is 4. The van der Waals surface area contributed by atoms with E-state index in [1.54, 1.807) is 6.07 Å². The molecule has 1 aliphatic carbocycles. The number of aliphatic hydroxyl groups is 1. The Bertz CT molecular complexity index is 788. The van der Waals surface area contributed by atoms with E-state index < -0.39 is 5.60 Å². The maximum Gasteiger partial charge on any atom is 0.276 e. The molecular formula is C22H28N2O3. The smallest absolute Gasteiger partial charge is 0.276 e. The van der Waals surface area contributed by atoms with E-state index in [4.69, 9.17) is 4.52 Å². The van der Waals surface area contributed by atoms with E-state index in [-0.39, 0.29) is 17.9 Å². The fourth-order valence-corrected chi connectivity index (χ4v) is 4.95. The first-order valence-corrected chi connectivity index (χ1v) is 10.2. The molecule has 0 spiro atoms. The van der Waals surface area contributed by atoms with E-state index in [1.165, 1.54) is 0 Å². The molecule has 0 radical (unpaired) electrons. The van der Waals surface area contributed by atoms with E-state index >= 15 is 0 Å². The summed E-state index contributed by atoms with van der Waals surface area (Å²) in [6.45, 7) is 2.62. The van der Waals surface area contributed by atoms with Crippen LogP contribution in [0.5, 0.6) is 0 Å². The molecule has 1 N–H and O–H groups in total. The highest BCUT2D eigenvalue weighted by atomic mass is 16.5. The van der Waals surface area contributed by atoms with Crippen LogP contribution in [-0.4, -0.2) is 33.7 Å². The van der Waals surface area contributed by atoms with Gasteiger partial charge in [-0.25, -0.2) is 0 Å². The third kappa shape index (κ3) is 3.29. The molecule has 2 fully saturated rings. The molecule has 2 heterocycles. The number of rotatable bonds is 4. The summed E-state index contributed by atoms with van der Waals surface area (Å²) in [6.07, 6.45) is 6.38. The van der Waals surface area contributed by atoms with Crippen molar-refractivity contribution in [2.24, 2.45) is 5.92 Å². The van der Waals surface area contributed by atoms with Gasteiger partial charge in [0.15, 0.2) is 5.69 Å². The van der Waals surface area contributed by atoms with Crippen LogP contribution in [0.25, 0.3) is 0 Å². The minimum absolute atomic E-state index is 0.0523. The van der Waals surface area contributed by atoms with Gasteiger partial charge in [0.05, 0.1) is 5.60 Å². The van der Waals surface area contributed by atoms with Crippen molar-refractivity contribution in [3.63, 3.8) is 0 Å². The van der Waals surface area contributed by atoms with Crippen LogP contribution in [0.2, 0.25) is 0 Å². The molecule has 1 saturated heterocycles. The van der Waals surface area contributed by atoms with E-state index in [2.05, 4.69) is 12.1 Å². The van der Waals surface area contributed by atoms with Gasteiger partial charge in [-0.15, -0.1) is 0 Å². The lowest BCUT2D eigenvalue weighted by Crippen LogP contribution is -2.59. The van der Waals surface area contributed by atoms with Crippen molar-refractivity contribution in [3.05, 3.63) is 53.4 Å². The van der Waals surface area contributed by atoms with Gasteiger partial charge in [0.2, 0.25) is 0 Å². The van der Waals surface area contributed by atoms with Gasteiger partial charge in [0.25, 0.3) is 5.91 Å². The van der Waals surface area contributed by atoms with Crippen molar-refractivity contribution in [2.75, 3.05) is 6.54 Å². The Morgan fingerprint density at radius 1 is 1.30 bits per heavy atom. The molecule has 5 heteroatoms. The number of nitrogens with zero attached hydrogens (tertiary/aromatic N) is 2. The highest BCUT2D eigenvalue weighted by Crippen LogP contribution is 2.47. The average molecular weight is 368 g/mol. The highest BCUT2D eigenvalue weighted by Gasteiger charge is 2.50. The van der Waals surface area contributed by atoms with Crippen LogP contribution in [0, 0.1) is 5.92 Å². The number of likely N-dealkylation sites (tertiary alicyclic amines) is 1. The fourth-order valence-electron chi connectivity index (χ4n) is 4.95. The van der Waals surface area contributed by atoms with Crippen LogP contribution in [0.1, 0.15) is 67.3 Å². The summed E-state index contributed by atoms with van der Waals surface area (Å²) >= 11 is 0. The standard InChI is InChI=1S/C22H28N2O3/c1-2-8-17-15-19(23-27-17)21(25)24-14-13-22(26,16-9-4-3-5-10-16)18-11-6-7-12-20(18)24/h3-5,9-10,15,18,20,26H,2,6-8,11-14H2,1H3/t18-,20-,22+/m1/s1. The minimum atomic E-state index is -0.861. The van der Waals surface area contributed by atoms with Gasteiger partial charge in [-0.1, -0.05) is 55.3 Å². The van der Waals surface area contributed by atoms with E-state index in [9.17, 15) is 9.90 Å². The molecule has 5 nitrogen and oxygen atoms in total. The van der Waals surface area contributed by atoms with Gasteiger partial charge in [0, 0.05) is 31.0 Å². The van der Waals surface area contributed by atoms with Gasteiger partial charge < -0.3 is 14.5 Å². The van der Waals surface area contributed by atoms with E-state index in [0.717, 1.165) is 49.8 Å². The average Bonchev–Trinajstić information content (AvgIpc) is 3.18. The minimum Gasteiger partial charge on any atom is -0.385 e. The summed E-state index contributed by atoms with van der Waals surface area (Å²) in [7, 11) is 0. The molecule has 144 valence electrons. The zero-order valence-electron chi connectivity index (χ0n) is 15.9. The predicted octanol–water partition coefficient (Wildman–Crippen LogP) is 3.92. The number of hydrogen-bond donors (Lipinski definition) is 1. The molecule has 1 saturated carbocycles. The summed E-state index contributed by atoms with van der Waals surface area (Å²) in [5, 5.41) is 15.6. The topological polar surface area (TPSA) is 66.6 Å². The van der Waals surface area contributed by atoms with Crippen LogP contribution in [-0.2, 0) is 12.0 Å². The Kier molecular flexibility index (Phi) is 5.04. The summed E-state index contributed by atoms with van der Waals surface area (Å²) in [5.74, 6) is 0.764. The molecule has 1 amide bonds. The van der Waals surface area contributed by atoms with Gasteiger partial charge >= 0.3 is 0 Å². The molecule has 0 bridgehead atoms. The Balaban J connectivity index is 1.60. The Hall–Kier alpha value is -2.14. The molecule has 1 aromatic carbocycles. The van der Waals surface area contributed by atoms with E-state index in [1.807, 2.05) is 35.2 Å². The third-order valence-electron chi connectivity index (χ3n) is 6.29.